The molecule has 0 aromatic heterocycles. The third-order valence-electron chi connectivity index (χ3n) is 3.04. The summed E-state index contributed by atoms with van der Waals surface area (Å²) in [5.41, 5.74) is 0. The summed E-state index contributed by atoms with van der Waals surface area (Å²) in [6.45, 7) is 1.89. The normalized spacial score (nSPS) is 12.4. The molecule has 23 heavy (non-hydrogen) atoms. The Morgan fingerprint density at radius 3 is 2.43 bits per heavy atom. The SMILES string of the molecule is CCOCC(=O)N[C@H](CCS(=O)(=O)c1ccccc1)C(=O)OC. The minimum absolute atomic E-state index is 0.0816. The van der Waals surface area contributed by atoms with E-state index in [1.54, 1.807) is 25.1 Å². The maximum absolute atomic E-state index is 12.2. The van der Waals surface area contributed by atoms with Gasteiger partial charge in [0.1, 0.15) is 12.6 Å². The molecule has 0 saturated carbocycles. The first-order valence-electron chi connectivity index (χ1n) is 7.13. The number of carbonyl (C=O) groups is 2. The average molecular weight is 343 g/mol. The Hall–Kier alpha value is -1.93. The van der Waals surface area contributed by atoms with Crippen molar-refractivity contribution in [2.75, 3.05) is 26.1 Å². The molecule has 1 aromatic rings. The first-order chi connectivity index (χ1) is 10.9. The lowest BCUT2D eigenvalue weighted by Crippen LogP contribution is -2.44. The smallest absolute Gasteiger partial charge is 0.328 e. The second-order valence-corrected chi connectivity index (χ2v) is 6.81. The van der Waals surface area contributed by atoms with Crippen LogP contribution in [0.15, 0.2) is 35.2 Å². The zero-order valence-electron chi connectivity index (χ0n) is 13.2. The van der Waals surface area contributed by atoms with Crippen molar-refractivity contribution in [2.24, 2.45) is 0 Å². The number of amides is 1. The van der Waals surface area contributed by atoms with Crippen molar-refractivity contribution in [3.63, 3.8) is 0 Å². The summed E-state index contributed by atoms with van der Waals surface area (Å²) in [6, 6.07) is 6.88. The van der Waals surface area contributed by atoms with Crippen molar-refractivity contribution in [1.82, 2.24) is 5.32 Å². The number of rotatable bonds is 9. The zero-order chi connectivity index (χ0) is 17.3. The molecule has 0 radical (unpaired) electrons. The fourth-order valence-corrected chi connectivity index (χ4v) is 3.19. The van der Waals surface area contributed by atoms with Gasteiger partial charge in [-0.25, -0.2) is 13.2 Å². The molecule has 1 atom stereocenters. The van der Waals surface area contributed by atoms with Gasteiger partial charge in [-0.1, -0.05) is 18.2 Å². The summed E-state index contributed by atoms with van der Waals surface area (Å²) in [6.07, 6.45) is -0.0816. The molecule has 0 unspecified atom stereocenters. The molecule has 0 fully saturated rings. The largest absolute Gasteiger partial charge is 0.467 e. The van der Waals surface area contributed by atoms with Crippen molar-refractivity contribution in [3.05, 3.63) is 30.3 Å². The Labute approximate surface area is 135 Å². The molecule has 128 valence electrons. The van der Waals surface area contributed by atoms with Gasteiger partial charge in [0.2, 0.25) is 5.91 Å². The van der Waals surface area contributed by atoms with Gasteiger partial charge in [-0.2, -0.15) is 0 Å². The first kappa shape index (κ1) is 19.1. The van der Waals surface area contributed by atoms with Gasteiger partial charge in [0.15, 0.2) is 9.84 Å². The molecule has 8 heteroatoms. The van der Waals surface area contributed by atoms with Gasteiger partial charge in [0.05, 0.1) is 17.8 Å². The lowest BCUT2D eigenvalue weighted by Gasteiger charge is -2.16. The predicted molar refractivity (Wildman–Crippen MR) is 83.6 cm³/mol. The van der Waals surface area contributed by atoms with Crippen LogP contribution in [-0.4, -0.2) is 52.4 Å². The van der Waals surface area contributed by atoms with Crippen LogP contribution >= 0.6 is 0 Å². The van der Waals surface area contributed by atoms with Gasteiger partial charge < -0.3 is 14.8 Å². The average Bonchev–Trinajstić information content (AvgIpc) is 2.56. The highest BCUT2D eigenvalue weighted by molar-refractivity contribution is 7.91. The van der Waals surface area contributed by atoms with Gasteiger partial charge in [-0.3, -0.25) is 4.79 Å². The van der Waals surface area contributed by atoms with Crippen LogP contribution < -0.4 is 5.32 Å². The van der Waals surface area contributed by atoms with E-state index in [4.69, 9.17) is 4.74 Å². The second kappa shape index (κ2) is 9.26. The number of methoxy groups -OCH3 is 1. The summed E-state index contributed by atoms with van der Waals surface area (Å²) in [5, 5.41) is 2.42. The lowest BCUT2D eigenvalue weighted by molar-refractivity contribution is -0.145. The van der Waals surface area contributed by atoms with Gasteiger partial charge in [0, 0.05) is 6.61 Å². The number of nitrogens with one attached hydrogen (secondary N) is 1. The third kappa shape index (κ3) is 6.37. The van der Waals surface area contributed by atoms with Crippen molar-refractivity contribution in [1.29, 1.82) is 0 Å². The van der Waals surface area contributed by atoms with E-state index in [-0.39, 0.29) is 23.7 Å². The third-order valence-corrected chi connectivity index (χ3v) is 4.80. The molecular formula is C15H21NO6S. The number of ether oxygens (including phenoxy) is 2. The Morgan fingerprint density at radius 2 is 1.87 bits per heavy atom. The van der Waals surface area contributed by atoms with Crippen LogP contribution in [0.1, 0.15) is 13.3 Å². The van der Waals surface area contributed by atoms with E-state index in [9.17, 15) is 18.0 Å². The van der Waals surface area contributed by atoms with Gasteiger partial charge in [0.25, 0.3) is 0 Å². The van der Waals surface area contributed by atoms with Crippen LogP contribution in [0, 0.1) is 0 Å². The molecule has 1 amide bonds. The molecular weight excluding hydrogens is 322 g/mol. The van der Waals surface area contributed by atoms with Crippen molar-refractivity contribution >= 4 is 21.7 Å². The fourth-order valence-electron chi connectivity index (χ4n) is 1.84. The first-order valence-corrected chi connectivity index (χ1v) is 8.78. The minimum Gasteiger partial charge on any atom is -0.467 e. The maximum Gasteiger partial charge on any atom is 0.328 e. The Kier molecular flexibility index (Phi) is 7.70. The Morgan fingerprint density at radius 1 is 1.22 bits per heavy atom. The highest BCUT2D eigenvalue weighted by Crippen LogP contribution is 2.12. The van der Waals surface area contributed by atoms with Crippen LogP contribution in [-0.2, 0) is 28.9 Å². The van der Waals surface area contributed by atoms with Crippen molar-refractivity contribution in [3.8, 4) is 0 Å². The summed E-state index contributed by atoms with van der Waals surface area (Å²) < 4.78 is 34.0. The maximum atomic E-state index is 12.2. The summed E-state index contributed by atoms with van der Waals surface area (Å²) in [5.74, 6) is -1.48. The van der Waals surface area contributed by atoms with Crippen LogP contribution in [0.2, 0.25) is 0 Å². The van der Waals surface area contributed by atoms with Crippen molar-refractivity contribution in [2.45, 2.75) is 24.3 Å². The highest BCUT2D eigenvalue weighted by atomic mass is 32.2. The summed E-state index contributed by atoms with van der Waals surface area (Å²) >= 11 is 0. The highest BCUT2D eigenvalue weighted by Gasteiger charge is 2.25. The Balaban J connectivity index is 2.71. The summed E-state index contributed by atoms with van der Waals surface area (Å²) in [7, 11) is -2.36. The summed E-state index contributed by atoms with van der Waals surface area (Å²) in [4.78, 5) is 23.5. The van der Waals surface area contributed by atoms with Crippen LogP contribution in [0.25, 0.3) is 0 Å². The quantitative estimate of drug-likeness (QED) is 0.657. The molecule has 0 heterocycles. The molecule has 1 rings (SSSR count). The van der Waals surface area contributed by atoms with E-state index in [0.717, 1.165) is 0 Å². The van der Waals surface area contributed by atoms with Crippen LogP contribution in [0.5, 0.6) is 0 Å². The molecule has 0 aliphatic heterocycles. The topological polar surface area (TPSA) is 98.8 Å². The van der Waals surface area contributed by atoms with Crippen LogP contribution in [0.4, 0.5) is 0 Å². The van der Waals surface area contributed by atoms with E-state index in [1.807, 2.05) is 0 Å². The lowest BCUT2D eigenvalue weighted by atomic mass is 10.2. The molecule has 0 saturated heterocycles. The molecule has 1 N–H and O–H groups in total. The van der Waals surface area contributed by atoms with E-state index >= 15 is 0 Å². The van der Waals surface area contributed by atoms with E-state index in [1.165, 1.54) is 19.2 Å². The molecule has 7 nitrogen and oxygen atoms in total. The monoisotopic (exact) mass is 343 g/mol. The second-order valence-electron chi connectivity index (χ2n) is 4.70. The number of carbonyl (C=O) groups excluding carboxylic acids is 2. The van der Waals surface area contributed by atoms with E-state index < -0.39 is 27.8 Å². The van der Waals surface area contributed by atoms with Gasteiger partial charge in [-0.15, -0.1) is 0 Å². The molecule has 0 spiro atoms. The van der Waals surface area contributed by atoms with Crippen LogP contribution in [0.3, 0.4) is 0 Å². The molecule has 0 bridgehead atoms. The van der Waals surface area contributed by atoms with Gasteiger partial charge in [-0.05, 0) is 25.5 Å². The van der Waals surface area contributed by atoms with Crippen molar-refractivity contribution < 1.29 is 27.5 Å². The van der Waals surface area contributed by atoms with E-state index in [0.29, 0.717) is 6.61 Å². The fraction of sp³-hybridized carbons (Fsp3) is 0.467. The molecule has 1 aromatic carbocycles. The zero-order valence-corrected chi connectivity index (χ0v) is 14.0. The number of hydrogen-bond donors (Lipinski definition) is 1. The predicted octanol–water partition coefficient (Wildman–Crippen LogP) is 0.545. The van der Waals surface area contributed by atoms with E-state index in [2.05, 4.69) is 10.1 Å². The number of esters is 1. The minimum atomic E-state index is -3.54. The standard InChI is InChI=1S/C15H21NO6S/c1-3-22-11-14(17)16-13(15(18)21-2)9-10-23(19,20)12-7-5-4-6-8-12/h4-8,13H,3,9-11H2,1-2H3,(H,16,17)/t13-/m1/s1. The molecule has 0 aliphatic rings. The van der Waals surface area contributed by atoms with Gasteiger partial charge >= 0.3 is 5.97 Å². The Bertz CT molecular complexity index is 614. The number of sulfone groups is 1. The number of benzene rings is 1. The molecule has 0 aliphatic carbocycles. The number of hydrogen-bond acceptors (Lipinski definition) is 6.